The molecule has 0 spiro atoms. The van der Waals surface area contributed by atoms with Crippen LogP contribution in [0.4, 0.5) is 11.4 Å². The lowest BCUT2D eigenvalue weighted by atomic mass is 10.1. The van der Waals surface area contributed by atoms with Crippen molar-refractivity contribution < 1.29 is 13.2 Å². The van der Waals surface area contributed by atoms with Gasteiger partial charge in [0.2, 0.25) is 10.0 Å². The van der Waals surface area contributed by atoms with E-state index in [1.807, 2.05) is 31.2 Å². The van der Waals surface area contributed by atoms with E-state index >= 15 is 0 Å². The van der Waals surface area contributed by atoms with Crippen molar-refractivity contribution in [3.63, 3.8) is 0 Å². The molecule has 2 aliphatic heterocycles. The predicted molar refractivity (Wildman–Crippen MR) is 126 cm³/mol. The summed E-state index contributed by atoms with van der Waals surface area (Å²) in [7, 11) is -3.33. The fourth-order valence-corrected chi connectivity index (χ4v) is 6.16. The molecule has 1 amide bonds. The Balaban J connectivity index is 1.38. The summed E-state index contributed by atoms with van der Waals surface area (Å²) < 4.78 is 25.6. The van der Waals surface area contributed by atoms with Crippen molar-refractivity contribution >= 4 is 38.9 Å². The van der Waals surface area contributed by atoms with Crippen LogP contribution in [0, 0.1) is 12.8 Å². The summed E-state index contributed by atoms with van der Waals surface area (Å²) in [5, 5.41) is 3.79. The number of benzene rings is 2. The predicted octanol–water partition coefficient (Wildman–Crippen LogP) is 3.62. The highest BCUT2D eigenvalue weighted by Gasteiger charge is 2.33. The van der Waals surface area contributed by atoms with Gasteiger partial charge in [-0.1, -0.05) is 17.7 Å². The number of aryl methyl sites for hydroxylation is 1. The van der Waals surface area contributed by atoms with E-state index in [9.17, 15) is 13.2 Å². The maximum absolute atomic E-state index is 12.7. The van der Waals surface area contributed by atoms with Crippen LogP contribution in [0.2, 0.25) is 5.02 Å². The van der Waals surface area contributed by atoms with Crippen LogP contribution in [0.25, 0.3) is 0 Å². The third-order valence-electron chi connectivity index (χ3n) is 6.20. The van der Waals surface area contributed by atoms with Crippen LogP contribution in [0.15, 0.2) is 36.4 Å². The fourth-order valence-electron chi connectivity index (χ4n) is 4.73. The molecule has 2 aromatic carbocycles. The number of hydrogen-bond acceptors (Lipinski definition) is 4. The number of carbonyl (C=O) groups is 1. The molecular formula is C23H28ClN3O3S. The molecule has 4 rings (SSSR count). The number of rotatable bonds is 5. The number of nitrogens with one attached hydrogen (secondary N) is 1. The van der Waals surface area contributed by atoms with Gasteiger partial charge in [0, 0.05) is 41.9 Å². The molecule has 0 radical (unpaired) electrons. The summed E-state index contributed by atoms with van der Waals surface area (Å²) >= 11 is 6.17. The summed E-state index contributed by atoms with van der Waals surface area (Å²) in [6.07, 6.45) is 2.84. The summed E-state index contributed by atoms with van der Waals surface area (Å²) in [6, 6.07) is 11.1. The molecule has 166 valence electrons. The van der Waals surface area contributed by atoms with Crippen LogP contribution in [0.1, 0.15) is 34.8 Å². The zero-order valence-corrected chi connectivity index (χ0v) is 19.6. The number of fused-ring (bicyclic) bond motifs is 1. The van der Waals surface area contributed by atoms with E-state index in [4.69, 9.17) is 11.6 Å². The molecule has 1 saturated heterocycles. The van der Waals surface area contributed by atoms with Crippen LogP contribution < -0.4 is 14.5 Å². The fraction of sp³-hybridized carbons (Fsp3) is 0.435. The standard InChI is InChI=1S/C23H28ClN3O3S/c1-15-4-6-20(24)12-22(15)26-9-8-17(14-26)13-25-23(28)18-5-7-21-19(11-18)10-16(2)27(21)31(3,29)30/h4-7,11-12,16-17H,8-10,13-14H2,1-3H3,(H,25,28). The lowest BCUT2D eigenvalue weighted by Crippen LogP contribution is -2.34. The minimum atomic E-state index is -3.33. The zero-order chi connectivity index (χ0) is 22.3. The van der Waals surface area contributed by atoms with Crippen molar-refractivity contribution in [1.82, 2.24) is 5.32 Å². The number of sulfonamides is 1. The van der Waals surface area contributed by atoms with Gasteiger partial charge in [0.25, 0.3) is 5.91 Å². The summed E-state index contributed by atoms with van der Waals surface area (Å²) in [5.41, 5.74) is 4.50. The van der Waals surface area contributed by atoms with E-state index in [0.717, 1.165) is 35.8 Å². The molecule has 1 N–H and O–H groups in total. The van der Waals surface area contributed by atoms with E-state index in [0.29, 0.717) is 30.1 Å². The molecule has 31 heavy (non-hydrogen) atoms. The summed E-state index contributed by atoms with van der Waals surface area (Å²) in [6.45, 7) is 6.40. The molecular weight excluding hydrogens is 434 g/mol. The largest absolute Gasteiger partial charge is 0.371 e. The Kier molecular flexibility index (Phi) is 5.92. The first kappa shape index (κ1) is 22.0. The van der Waals surface area contributed by atoms with Crippen LogP contribution in [-0.4, -0.2) is 46.3 Å². The average molecular weight is 462 g/mol. The quantitative estimate of drug-likeness (QED) is 0.738. The average Bonchev–Trinajstić information content (AvgIpc) is 3.30. The van der Waals surface area contributed by atoms with Gasteiger partial charge in [-0.3, -0.25) is 9.10 Å². The maximum Gasteiger partial charge on any atom is 0.251 e. The molecule has 2 unspecified atom stereocenters. The number of halogens is 1. The molecule has 2 aromatic rings. The lowest BCUT2D eigenvalue weighted by Gasteiger charge is -2.22. The van der Waals surface area contributed by atoms with Crippen molar-refractivity contribution in [3.05, 3.63) is 58.1 Å². The molecule has 1 fully saturated rings. The lowest BCUT2D eigenvalue weighted by molar-refractivity contribution is 0.0948. The first-order chi connectivity index (χ1) is 14.6. The third-order valence-corrected chi connectivity index (χ3v) is 7.71. The topological polar surface area (TPSA) is 69.7 Å². The second-order valence-corrected chi connectivity index (χ2v) is 11.0. The Morgan fingerprint density at radius 1 is 1.19 bits per heavy atom. The Bertz CT molecular complexity index is 1120. The molecule has 2 atom stereocenters. The molecule has 6 nitrogen and oxygen atoms in total. The van der Waals surface area contributed by atoms with E-state index in [2.05, 4.69) is 17.1 Å². The Morgan fingerprint density at radius 2 is 1.97 bits per heavy atom. The number of nitrogens with zero attached hydrogens (tertiary/aromatic N) is 2. The van der Waals surface area contributed by atoms with Crippen LogP contribution in [-0.2, 0) is 16.4 Å². The van der Waals surface area contributed by atoms with E-state index < -0.39 is 10.0 Å². The monoisotopic (exact) mass is 461 g/mol. The summed E-state index contributed by atoms with van der Waals surface area (Å²) in [5.74, 6) is 0.253. The van der Waals surface area contributed by atoms with Crippen LogP contribution >= 0.6 is 11.6 Å². The molecule has 0 aliphatic carbocycles. The molecule has 0 bridgehead atoms. The smallest absolute Gasteiger partial charge is 0.251 e. The Labute approximate surface area is 189 Å². The van der Waals surface area contributed by atoms with Gasteiger partial charge in [0.15, 0.2) is 0 Å². The Hall–Kier alpha value is -2.25. The van der Waals surface area contributed by atoms with Crippen molar-refractivity contribution in [2.24, 2.45) is 5.92 Å². The first-order valence-electron chi connectivity index (χ1n) is 10.5. The van der Waals surface area contributed by atoms with Crippen LogP contribution in [0.3, 0.4) is 0 Å². The van der Waals surface area contributed by atoms with Gasteiger partial charge in [0.1, 0.15) is 0 Å². The minimum absolute atomic E-state index is 0.120. The molecule has 0 aromatic heterocycles. The molecule has 2 aliphatic rings. The van der Waals surface area contributed by atoms with Crippen molar-refractivity contribution in [2.45, 2.75) is 32.7 Å². The van der Waals surface area contributed by atoms with E-state index in [1.165, 1.54) is 16.1 Å². The SMILES string of the molecule is Cc1ccc(Cl)cc1N1CCC(CNC(=O)c2ccc3c(c2)CC(C)N3S(C)(=O)=O)C1. The van der Waals surface area contributed by atoms with Gasteiger partial charge in [-0.15, -0.1) is 0 Å². The van der Waals surface area contributed by atoms with Gasteiger partial charge in [0.05, 0.1) is 11.9 Å². The van der Waals surface area contributed by atoms with Crippen molar-refractivity contribution in [2.75, 3.05) is 35.1 Å². The summed E-state index contributed by atoms with van der Waals surface area (Å²) in [4.78, 5) is 15.1. The number of carbonyl (C=O) groups excluding carboxylic acids is 1. The first-order valence-corrected chi connectivity index (χ1v) is 12.8. The maximum atomic E-state index is 12.7. The highest BCUT2D eigenvalue weighted by molar-refractivity contribution is 7.92. The van der Waals surface area contributed by atoms with E-state index in [1.54, 1.807) is 12.1 Å². The minimum Gasteiger partial charge on any atom is -0.371 e. The molecule has 8 heteroatoms. The van der Waals surface area contributed by atoms with Gasteiger partial charge in [-0.05, 0) is 74.1 Å². The van der Waals surface area contributed by atoms with Gasteiger partial charge >= 0.3 is 0 Å². The van der Waals surface area contributed by atoms with Gasteiger partial charge in [-0.25, -0.2) is 8.42 Å². The normalized spacial score (nSPS) is 20.8. The van der Waals surface area contributed by atoms with Crippen LogP contribution in [0.5, 0.6) is 0 Å². The number of anilines is 2. The van der Waals surface area contributed by atoms with E-state index in [-0.39, 0.29) is 11.9 Å². The van der Waals surface area contributed by atoms with Crippen molar-refractivity contribution in [3.8, 4) is 0 Å². The molecule has 0 saturated carbocycles. The Morgan fingerprint density at radius 3 is 2.71 bits per heavy atom. The van der Waals surface area contributed by atoms with Crippen molar-refractivity contribution in [1.29, 1.82) is 0 Å². The van der Waals surface area contributed by atoms with Gasteiger partial charge in [-0.2, -0.15) is 0 Å². The highest BCUT2D eigenvalue weighted by atomic mass is 35.5. The second kappa shape index (κ2) is 8.36. The number of hydrogen-bond donors (Lipinski definition) is 1. The van der Waals surface area contributed by atoms with Gasteiger partial charge < -0.3 is 10.2 Å². The molecule has 2 heterocycles. The third kappa shape index (κ3) is 4.53. The zero-order valence-electron chi connectivity index (χ0n) is 18.1. The highest BCUT2D eigenvalue weighted by Crippen LogP contribution is 2.35. The number of amides is 1. The second-order valence-electron chi connectivity index (χ2n) is 8.70.